The molecule has 1 aliphatic heterocycles. The van der Waals surface area contributed by atoms with E-state index in [4.69, 9.17) is 0 Å². The van der Waals surface area contributed by atoms with E-state index in [1.807, 2.05) is 27.7 Å². The second kappa shape index (κ2) is 5.49. The lowest BCUT2D eigenvalue weighted by atomic mass is 10.0. The highest BCUT2D eigenvalue weighted by molar-refractivity contribution is 6.24. The third-order valence-corrected chi connectivity index (χ3v) is 2.11. The number of rotatable bonds is 0. The van der Waals surface area contributed by atoms with E-state index in [1.54, 1.807) is 13.0 Å². The van der Waals surface area contributed by atoms with Crippen molar-refractivity contribution in [2.24, 2.45) is 0 Å². The molecule has 0 aromatic carbocycles. The molecule has 15 heavy (non-hydrogen) atoms. The molecule has 0 aliphatic carbocycles. The minimum absolute atomic E-state index is 0.196. The average Bonchev–Trinajstić information content (AvgIpc) is 2.45. The van der Waals surface area contributed by atoms with Crippen molar-refractivity contribution in [2.45, 2.75) is 34.6 Å². The molecule has 1 saturated heterocycles. The molecule has 84 valence electrons. The molecule has 0 atom stereocenters. The molecule has 2 amide bonds. The van der Waals surface area contributed by atoms with Crippen LogP contribution < -0.4 is 0 Å². The lowest BCUT2D eigenvalue weighted by Gasteiger charge is -2.02. The van der Waals surface area contributed by atoms with Crippen LogP contribution in [0.2, 0.25) is 0 Å². The summed E-state index contributed by atoms with van der Waals surface area (Å²) in [5.74, 6) is -0.401. The lowest BCUT2D eigenvalue weighted by Crippen LogP contribution is -2.24. The standard InChI is InChI=1S/C10H13NO2.C2H6/c1-5-7-8(6(2)3)10(13)11(4)9(7)12;1-2/h5H,1-4H3;1-2H3/b7-5+;. The van der Waals surface area contributed by atoms with Gasteiger partial charge in [-0.05, 0) is 20.8 Å². The van der Waals surface area contributed by atoms with Gasteiger partial charge in [-0.25, -0.2) is 0 Å². The van der Waals surface area contributed by atoms with Crippen LogP contribution in [-0.2, 0) is 9.59 Å². The quantitative estimate of drug-likeness (QED) is 0.453. The minimum atomic E-state index is -0.205. The Morgan fingerprint density at radius 1 is 1.13 bits per heavy atom. The third-order valence-electron chi connectivity index (χ3n) is 2.11. The normalized spacial score (nSPS) is 18.1. The van der Waals surface area contributed by atoms with Gasteiger partial charge in [0.1, 0.15) is 0 Å². The van der Waals surface area contributed by atoms with E-state index in [9.17, 15) is 9.59 Å². The molecule has 1 heterocycles. The molecular formula is C12H19NO2. The highest BCUT2D eigenvalue weighted by atomic mass is 16.2. The van der Waals surface area contributed by atoms with E-state index in [2.05, 4.69) is 0 Å². The molecule has 1 rings (SSSR count). The maximum absolute atomic E-state index is 11.5. The first kappa shape index (κ1) is 13.6. The topological polar surface area (TPSA) is 37.4 Å². The van der Waals surface area contributed by atoms with Gasteiger partial charge in [0.05, 0.1) is 5.57 Å². The molecule has 1 aliphatic rings. The van der Waals surface area contributed by atoms with Crippen LogP contribution in [0.1, 0.15) is 34.6 Å². The summed E-state index contributed by atoms with van der Waals surface area (Å²) in [5.41, 5.74) is 1.96. The summed E-state index contributed by atoms with van der Waals surface area (Å²) in [6.07, 6.45) is 1.69. The SMILES string of the molecule is C/C=C1/C(=O)N(C)C(=O)C1=C(C)C.CC. The predicted molar refractivity (Wildman–Crippen MR) is 61.3 cm³/mol. The average molecular weight is 209 g/mol. The van der Waals surface area contributed by atoms with Crippen molar-refractivity contribution in [1.29, 1.82) is 0 Å². The molecule has 0 N–H and O–H groups in total. The van der Waals surface area contributed by atoms with E-state index in [1.165, 1.54) is 7.05 Å². The molecule has 3 heteroatoms. The van der Waals surface area contributed by atoms with Crippen molar-refractivity contribution >= 4 is 11.8 Å². The Bertz CT molecular complexity index is 334. The van der Waals surface area contributed by atoms with Gasteiger partial charge in [-0.1, -0.05) is 25.5 Å². The molecule has 0 aromatic rings. The first-order chi connectivity index (χ1) is 7.00. The molecular weight excluding hydrogens is 190 g/mol. The summed E-state index contributed by atoms with van der Waals surface area (Å²) in [5, 5.41) is 0. The van der Waals surface area contributed by atoms with Crippen molar-refractivity contribution < 1.29 is 9.59 Å². The van der Waals surface area contributed by atoms with Crippen molar-refractivity contribution in [3.63, 3.8) is 0 Å². The molecule has 0 spiro atoms. The smallest absolute Gasteiger partial charge is 0.261 e. The Labute approximate surface area is 91.5 Å². The highest BCUT2D eigenvalue weighted by Gasteiger charge is 2.35. The van der Waals surface area contributed by atoms with E-state index in [0.29, 0.717) is 11.1 Å². The van der Waals surface area contributed by atoms with E-state index in [0.717, 1.165) is 10.5 Å². The summed E-state index contributed by atoms with van der Waals surface area (Å²) < 4.78 is 0. The maximum atomic E-state index is 11.5. The summed E-state index contributed by atoms with van der Waals surface area (Å²) in [7, 11) is 1.50. The second-order valence-electron chi connectivity index (χ2n) is 3.25. The van der Waals surface area contributed by atoms with E-state index in [-0.39, 0.29) is 11.8 Å². The van der Waals surface area contributed by atoms with Crippen LogP contribution in [0.25, 0.3) is 0 Å². The van der Waals surface area contributed by atoms with Crippen LogP contribution >= 0.6 is 0 Å². The Kier molecular flexibility index (Phi) is 4.98. The molecule has 3 nitrogen and oxygen atoms in total. The van der Waals surface area contributed by atoms with Gasteiger partial charge in [-0.3, -0.25) is 14.5 Å². The Morgan fingerprint density at radius 2 is 1.60 bits per heavy atom. The fourth-order valence-electron chi connectivity index (χ4n) is 1.41. The number of amides is 2. The van der Waals surface area contributed by atoms with Gasteiger partial charge in [-0.2, -0.15) is 0 Å². The number of likely N-dealkylation sites (tertiary alicyclic amines) is 1. The summed E-state index contributed by atoms with van der Waals surface area (Å²) in [4.78, 5) is 24.1. The van der Waals surface area contributed by atoms with Crippen LogP contribution in [0.4, 0.5) is 0 Å². The predicted octanol–water partition coefficient (Wildman–Crippen LogP) is 2.29. The van der Waals surface area contributed by atoms with Crippen molar-refractivity contribution in [3.8, 4) is 0 Å². The zero-order valence-corrected chi connectivity index (χ0v) is 10.3. The number of imide groups is 1. The van der Waals surface area contributed by atoms with Crippen LogP contribution in [0.5, 0.6) is 0 Å². The summed E-state index contributed by atoms with van der Waals surface area (Å²) in [6, 6.07) is 0. The zero-order chi connectivity index (χ0) is 12.2. The van der Waals surface area contributed by atoms with Gasteiger partial charge >= 0.3 is 0 Å². The van der Waals surface area contributed by atoms with Crippen LogP contribution in [0.3, 0.4) is 0 Å². The largest absolute Gasteiger partial charge is 0.277 e. The maximum Gasteiger partial charge on any atom is 0.261 e. The fourth-order valence-corrected chi connectivity index (χ4v) is 1.41. The van der Waals surface area contributed by atoms with Gasteiger partial charge in [0.2, 0.25) is 0 Å². The molecule has 0 bridgehead atoms. The first-order valence-corrected chi connectivity index (χ1v) is 5.17. The Hall–Kier alpha value is -1.38. The monoisotopic (exact) mass is 209 g/mol. The van der Waals surface area contributed by atoms with Gasteiger partial charge < -0.3 is 0 Å². The van der Waals surface area contributed by atoms with Crippen LogP contribution in [0.15, 0.2) is 22.8 Å². The van der Waals surface area contributed by atoms with Crippen molar-refractivity contribution in [1.82, 2.24) is 4.90 Å². The number of carbonyl (C=O) groups is 2. The van der Waals surface area contributed by atoms with E-state index >= 15 is 0 Å². The minimum Gasteiger partial charge on any atom is -0.277 e. The molecule has 0 aromatic heterocycles. The van der Waals surface area contributed by atoms with Crippen LogP contribution in [0, 0.1) is 0 Å². The lowest BCUT2D eigenvalue weighted by molar-refractivity contribution is -0.134. The number of hydrogen-bond donors (Lipinski definition) is 0. The number of allylic oxidation sites excluding steroid dienone is 2. The summed E-state index contributed by atoms with van der Waals surface area (Å²) >= 11 is 0. The first-order valence-electron chi connectivity index (χ1n) is 5.17. The van der Waals surface area contributed by atoms with E-state index < -0.39 is 0 Å². The van der Waals surface area contributed by atoms with Crippen molar-refractivity contribution in [3.05, 3.63) is 22.8 Å². The zero-order valence-electron chi connectivity index (χ0n) is 10.3. The molecule has 0 radical (unpaired) electrons. The second-order valence-corrected chi connectivity index (χ2v) is 3.25. The number of hydrogen-bond acceptors (Lipinski definition) is 2. The molecule has 0 unspecified atom stereocenters. The van der Waals surface area contributed by atoms with Gasteiger partial charge in [0, 0.05) is 12.6 Å². The fraction of sp³-hybridized carbons (Fsp3) is 0.500. The number of likely N-dealkylation sites (N-methyl/N-ethyl adjacent to an activating group) is 1. The van der Waals surface area contributed by atoms with Crippen molar-refractivity contribution in [2.75, 3.05) is 7.05 Å². The molecule has 0 saturated carbocycles. The third kappa shape index (κ3) is 2.35. The van der Waals surface area contributed by atoms with Crippen LogP contribution in [-0.4, -0.2) is 23.8 Å². The molecule has 1 fully saturated rings. The van der Waals surface area contributed by atoms with Gasteiger partial charge in [-0.15, -0.1) is 0 Å². The number of nitrogens with zero attached hydrogens (tertiary/aromatic N) is 1. The van der Waals surface area contributed by atoms with Gasteiger partial charge in [0.15, 0.2) is 0 Å². The van der Waals surface area contributed by atoms with Gasteiger partial charge in [0.25, 0.3) is 11.8 Å². The highest BCUT2D eigenvalue weighted by Crippen LogP contribution is 2.26. The Morgan fingerprint density at radius 3 is 1.87 bits per heavy atom. The summed E-state index contributed by atoms with van der Waals surface area (Å²) in [6.45, 7) is 9.44. The number of carbonyl (C=O) groups excluding carboxylic acids is 2. The Balaban J connectivity index is 0.000000921.